The second-order valence-electron chi connectivity index (χ2n) is 5.32. The number of hydrogen-bond donors (Lipinski definition) is 2. The minimum absolute atomic E-state index is 0.166. The van der Waals surface area contributed by atoms with Gasteiger partial charge in [0.15, 0.2) is 0 Å². The fourth-order valence-corrected chi connectivity index (χ4v) is 3.20. The zero-order chi connectivity index (χ0) is 15.5. The number of thioether (sulfide) groups is 1. The Balaban J connectivity index is 2.11. The zero-order valence-corrected chi connectivity index (χ0v) is 14.4. The van der Waals surface area contributed by atoms with E-state index in [2.05, 4.69) is 21.2 Å². The van der Waals surface area contributed by atoms with Gasteiger partial charge in [-0.05, 0) is 48.2 Å². The number of carbonyl (C=O) groups excluding carboxylic acids is 1. The predicted molar refractivity (Wildman–Crippen MR) is 93.0 cm³/mol. The van der Waals surface area contributed by atoms with Crippen molar-refractivity contribution in [3.8, 4) is 0 Å². The predicted octanol–water partition coefficient (Wildman–Crippen LogP) is 3.45. The molecule has 5 heteroatoms. The number of nitrogens with one attached hydrogen (secondary N) is 1. The van der Waals surface area contributed by atoms with Crippen LogP contribution in [-0.4, -0.2) is 35.2 Å². The number of amides is 1. The largest absolute Gasteiger partial charge is 0.387 e. The molecular formula is C16H18BrNO2S. The van der Waals surface area contributed by atoms with Crippen molar-refractivity contribution in [1.82, 2.24) is 5.32 Å². The van der Waals surface area contributed by atoms with Gasteiger partial charge in [0.2, 0.25) is 0 Å². The van der Waals surface area contributed by atoms with Gasteiger partial charge in [-0.15, -0.1) is 0 Å². The van der Waals surface area contributed by atoms with Gasteiger partial charge in [0.1, 0.15) is 0 Å². The summed E-state index contributed by atoms with van der Waals surface area (Å²) >= 11 is 4.99. The molecule has 0 spiro atoms. The number of fused-ring (bicyclic) bond motifs is 1. The highest BCUT2D eigenvalue weighted by Gasteiger charge is 2.20. The highest BCUT2D eigenvalue weighted by Crippen LogP contribution is 2.21. The number of rotatable bonds is 5. The summed E-state index contributed by atoms with van der Waals surface area (Å²) in [7, 11) is 0. The molecule has 2 aromatic carbocycles. The lowest BCUT2D eigenvalue weighted by molar-refractivity contribution is 0.0725. The highest BCUT2D eigenvalue weighted by molar-refractivity contribution is 9.10. The topological polar surface area (TPSA) is 49.3 Å². The average Bonchev–Trinajstić information content (AvgIpc) is 2.44. The Morgan fingerprint density at radius 3 is 2.67 bits per heavy atom. The van der Waals surface area contributed by atoms with Crippen LogP contribution in [0.1, 0.15) is 17.3 Å². The van der Waals surface area contributed by atoms with Crippen LogP contribution in [0.4, 0.5) is 0 Å². The molecule has 112 valence electrons. The molecule has 0 aliphatic carbocycles. The van der Waals surface area contributed by atoms with Crippen LogP contribution in [0.3, 0.4) is 0 Å². The third-order valence-corrected chi connectivity index (χ3v) is 4.55. The zero-order valence-electron chi connectivity index (χ0n) is 12.0. The Labute approximate surface area is 137 Å². The SMILES string of the molecule is CSCC(C)(O)CNC(=O)c1ccc2cc(Br)ccc2c1. The van der Waals surface area contributed by atoms with Crippen LogP contribution in [0.5, 0.6) is 0 Å². The van der Waals surface area contributed by atoms with Gasteiger partial charge in [-0.25, -0.2) is 0 Å². The van der Waals surface area contributed by atoms with E-state index in [0.29, 0.717) is 11.3 Å². The molecule has 0 aliphatic heterocycles. The first kappa shape index (κ1) is 16.3. The van der Waals surface area contributed by atoms with E-state index < -0.39 is 5.60 Å². The lowest BCUT2D eigenvalue weighted by Gasteiger charge is -2.22. The van der Waals surface area contributed by atoms with Crippen molar-refractivity contribution in [2.45, 2.75) is 12.5 Å². The normalized spacial score (nSPS) is 13.9. The molecule has 0 aliphatic rings. The van der Waals surface area contributed by atoms with Crippen LogP contribution >= 0.6 is 27.7 Å². The summed E-state index contributed by atoms with van der Waals surface area (Å²) in [5, 5.41) is 15.0. The molecule has 1 atom stereocenters. The first-order valence-corrected chi connectivity index (χ1v) is 8.79. The third kappa shape index (κ3) is 4.46. The fourth-order valence-electron chi connectivity index (χ4n) is 2.09. The van der Waals surface area contributed by atoms with Crippen molar-refractivity contribution < 1.29 is 9.90 Å². The van der Waals surface area contributed by atoms with E-state index in [4.69, 9.17) is 0 Å². The molecule has 1 amide bonds. The number of hydrogen-bond acceptors (Lipinski definition) is 3. The summed E-state index contributed by atoms with van der Waals surface area (Å²) in [6, 6.07) is 11.5. The molecule has 0 saturated heterocycles. The monoisotopic (exact) mass is 367 g/mol. The van der Waals surface area contributed by atoms with Crippen LogP contribution in [0.25, 0.3) is 10.8 Å². The summed E-state index contributed by atoms with van der Waals surface area (Å²) in [6.07, 6.45) is 1.93. The first-order chi connectivity index (χ1) is 9.91. The van der Waals surface area contributed by atoms with Gasteiger partial charge >= 0.3 is 0 Å². The maximum atomic E-state index is 12.2. The summed E-state index contributed by atoms with van der Waals surface area (Å²) in [6.45, 7) is 1.97. The Hall–Kier alpha value is -1.04. The maximum absolute atomic E-state index is 12.2. The lowest BCUT2D eigenvalue weighted by atomic mass is 10.1. The molecule has 21 heavy (non-hydrogen) atoms. The molecular weight excluding hydrogens is 350 g/mol. The quantitative estimate of drug-likeness (QED) is 0.850. The smallest absolute Gasteiger partial charge is 0.251 e. The molecule has 0 radical (unpaired) electrons. The van der Waals surface area contributed by atoms with E-state index >= 15 is 0 Å². The summed E-state index contributed by atoms with van der Waals surface area (Å²) in [4.78, 5) is 12.2. The highest BCUT2D eigenvalue weighted by atomic mass is 79.9. The van der Waals surface area contributed by atoms with E-state index in [0.717, 1.165) is 15.2 Å². The Morgan fingerprint density at radius 2 is 1.95 bits per heavy atom. The van der Waals surface area contributed by atoms with Gasteiger partial charge in [0.25, 0.3) is 5.91 Å². The Bertz CT molecular complexity index is 658. The second-order valence-corrected chi connectivity index (χ2v) is 7.10. The van der Waals surface area contributed by atoms with E-state index in [1.165, 1.54) is 0 Å². The maximum Gasteiger partial charge on any atom is 0.251 e. The van der Waals surface area contributed by atoms with Crippen LogP contribution in [-0.2, 0) is 0 Å². The van der Waals surface area contributed by atoms with Gasteiger partial charge < -0.3 is 10.4 Å². The van der Waals surface area contributed by atoms with Crippen molar-refractivity contribution >= 4 is 44.4 Å². The van der Waals surface area contributed by atoms with Crippen molar-refractivity contribution in [3.05, 3.63) is 46.4 Å². The Morgan fingerprint density at radius 1 is 1.29 bits per heavy atom. The van der Waals surface area contributed by atoms with Crippen LogP contribution in [0, 0.1) is 0 Å². The van der Waals surface area contributed by atoms with Crippen molar-refractivity contribution in [2.24, 2.45) is 0 Å². The first-order valence-electron chi connectivity index (χ1n) is 6.60. The van der Waals surface area contributed by atoms with Crippen LogP contribution in [0.15, 0.2) is 40.9 Å². The fraction of sp³-hybridized carbons (Fsp3) is 0.312. The van der Waals surface area contributed by atoms with E-state index in [1.54, 1.807) is 24.8 Å². The molecule has 0 bridgehead atoms. The second kappa shape index (κ2) is 6.81. The molecule has 0 aromatic heterocycles. The lowest BCUT2D eigenvalue weighted by Crippen LogP contribution is -2.42. The minimum Gasteiger partial charge on any atom is -0.387 e. The molecule has 2 aromatic rings. The van der Waals surface area contributed by atoms with Gasteiger partial charge in [-0.2, -0.15) is 11.8 Å². The van der Waals surface area contributed by atoms with E-state index in [9.17, 15) is 9.90 Å². The Kier molecular flexibility index (Phi) is 5.30. The third-order valence-electron chi connectivity index (χ3n) is 3.15. The van der Waals surface area contributed by atoms with Crippen LogP contribution < -0.4 is 5.32 Å². The van der Waals surface area contributed by atoms with Crippen molar-refractivity contribution in [2.75, 3.05) is 18.6 Å². The van der Waals surface area contributed by atoms with Crippen LogP contribution in [0.2, 0.25) is 0 Å². The average molecular weight is 368 g/mol. The molecule has 2 N–H and O–H groups in total. The summed E-state index contributed by atoms with van der Waals surface area (Å²) < 4.78 is 1.01. The number of aliphatic hydroxyl groups is 1. The molecule has 1 unspecified atom stereocenters. The minimum atomic E-state index is -0.892. The standard InChI is InChI=1S/C16H18BrNO2S/c1-16(20,10-21-2)9-18-15(19)13-4-3-12-8-14(17)6-5-11(12)7-13/h3-8,20H,9-10H2,1-2H3,(H,18,19). The van der Waals surface area contributed by atoms with E-state index in [-0.39, 0.29) is 12.5 Å². The van der Waals surface area contributed by atoms with Gasteiger partial charge in [0.05, 0.1) is 5.60 Å². The van der Waals surface area contributed by atoms with E-state index in [1.807, 2.05) is 36.6 Å². The van der Waals surface area contributed by atoms with Gasteiger partial charge in [-0.1, -0.05) is 28.1 Å². The van der Waals surface area contributed by atoms with Gasteiger partial charge in [0, 0.05) is 22.3 Å². The molecule has 0 saturated carbocycles. The summed E-state index contributed by atoms with van der Waals surface area (Å²) in [5.41, 5.74) is -0.290. The number of halogens is 1. The van der Waals surface area contributed by atoms with Crippen molar-refractivity contribution in [1.29, 1.82) is 0 Å². The summed E-state index contributed by atoms with van der Waals surface area (Å²) in [5.74, 6) is 0.417. The number of benzene rings is 2. The molecule has 0 heterocycles. The van der Waals surface area contributed by atoms with Crippen molar-refractivity contribution in [3.63, 3.8) is 0 Å². The molecule has 2 rings (SSSR count). The number of carbonyl (C=O) groups is 1. The molecule has 3 nitrogen and oxygen atoms in total. The molecule has 0 fully saturated rings. The van der Waals surface area contributed by atoms with Gasteiger partial charge in [-0.3, -0.25) is 4.79 Å².